The molecule has 2 aromatic rings. The van der Waals surface area contributed by atoms with Gasteiger partial charge in [0.2, 0.25) is 0 Å². The zero-order chi connectivity index (χ0) is 13.7. The van der Waals surface area contributed by atoms with Gasteiger partial charge in [0.1, 0.15) is 0 Å². The Balaban J connectivity index is 1.90. The zero-order valence-corrected chi connectivity index (χ0v) is 10.5. The number of nitrogens with two attached hydrogens (primary N) is 1. The number of rotatable bonds is 5. The maximum absolute atomic E-state index is 13.0. The Kier molecular flexibility index (Phi) is 4.60. The second kappa shape index (κ2) is 6.41. The van der Waals surface area contributed by atoms with Crippen molar-refractivity contribution in [3.05, 3.63) is 70.8 Å². The zero-order valence-electron chi connectivity index (χ0n) is 10.5. The van der Waals surface area contributed by atoms with Gasteiger partial charge in [-0.25, -0.2) is 8.78 Å². The molecule has 2 nitrogen and oxygen atoms in total. The van der Waals surface area contributed by atoms with Gasteiger partial charge in [0.05, 0.1) is 0 Å². The smallest absolute Gasteiger partial charge is 0.159 e. The Labute approximate surface area is 111 Å². The maximum atomic E-state index is 13.0. The third kappa shape index (κ3) is 3.84. The molecule has 0 saturated carbocycles. The highest BCUT2D eigenvalue weighted by Crippen LogP contribution is 2.09. The van der Waals surface area contributed by atoms with E-state index in [-0.39, 0.29) is 0 Å². The molecule has 2 rings (SSSR count). The Morgan fingerprint density at radius 2 is 1.53 bits per heavy atom. The van der Waals surface area contributed by atoms with Crippen LogP contribution in [0.5, 0.6) is 0 Å². The number of benzene rings is 2. The average Bonchev–Trinajstić information content (AvgIpc) is 2.43. The summed E-state index contributed by atoms with van der Waals surface area (Å²) < 4.78 is 25.8. The fourth-order valence-corrected chi connectivity index (χ4v) is 1.87. The molecule has 0 aliphatic heterocycles. The number of nitrogens with one attached hydrogen (secondary N) is 1. The predicted molar refractivity (Wildman–Crippen MR) is 71.2 cm³/mol. The lowest BCUT2D eigenvalue weighted by Crippen LogP contribution is -2.13. The molecule has 0 spiro atoms. The molecule has 0 aliphatic rings. The Morgan fingerprint density at radius 1 is 0.842 bits per heavy atom. The largest absolute Gasteiger partial charge is 0.326 e. The average molecular weight is 262 g/mol. The van der Waals surface area contributed by atoms with Crippen LogP contribution in [-0.4, -0.2) is 0 Å². The molecule has 0 atom stereocenters. The predicted octanol–water partition coefficient (Wildman–Crippen LogP) is 2.71. The van der Waals surface area contributed by atoms with E-state index in [1.54, 1.807) is 6.07 Å². The normalized spacial score (nSPS) is 10.7. The molecule has 0 heterocycles. The van der Waals surface area contributed by atoms with Crippen LogP contribution in [0.15, 0.2) is 42.5 Å². The van der Waals surface area contributed by atoms with Gasteiger partial charge < -0.3 is 11.1 Å². The third-order valence-corrected chi connectivity index (χ3v) is 2.87. The number of hydrogen-bond donors (Lipinski definition) is 2. The lowest BCUT2D eigenvalue weighted by Gasteiger charge is -2.07. The second-order valence-corrected chi connectivity index (χ2v) is 4.38. The highest BCUT2D eigenvalue weighted by molar-refractivity contribution is 5.23. The summed E-state index contributed by atoms with van der Waals surface area (Å²) in [6, 6.07) is 11.9. The highest BCUT2D eigenvalue weighted by atomic mass is 19.2. The van der Waals surface area contributed by atoms with Crippen molar-refractivity contribution in [1.82, 2.24) is 5.32 Å². The second-order valence-electron chi connectivity index (χ2n) is 4.38. The molecule has 4 heteroatoms. The summed E-state index contributed by atoms with van der Waals surface area (Å²) in [6.07, 6.45) is 0. The van der Waals surface area contributed by atoms with Crippen molar-refractivity contribution < 1.29 is 8.78 Å². The summed E-state index contributed by atoms with van der Waals surface area (Å²) in [7, 11) is 0. The standard InChI is InChI=1S/C15H16F2N2/c16-14-5-4-13(7-15(14)17)10-19-9-12-3-1-2-11(6-12)8-18/h1-7,19H,8-10,18H2. The van der Waals surface area contributed by atoms with E-state index in [4.69, 9.17) is 5.73 Å². The quantitative estimate of drug-likeness (QED) is 0.869. The van der Waals surface area contributed by atoms with Gasteiger partial charge in [0.25, 0.3) is 0 Å². The van der Waals surface area contributed by atoms with Gasteiger partial charge in [-0.1, -0.05) is 30.3 Å². The minimum Gasteiger partial charge on any atom is -0.326 e. The lowest BCUT2D eigenvalue weighted by molar-refractivity contribution is 0.506. The first-order valence-electron chi connectivity index (χ1n) is 6.11. The minimum absolute atomic E-state index is 0.490. The molecule has 0 saturated heterocycles. The molecule has 0 amide bonds. The Hall–Kier alpha value is -1.78. The van der Waals surface area contributed by atoms with E-state index in [1.165, 1.54) is 6.07 Å². The van der Waals surface area contributed by atoms with E-state index in [2.05, 4.69) is 5.32 Å². The van der Waals surface area contributed by atoms with Crippen LogP contribution in [0, 0.1) is 11.6 Å². The third-order valence-electron chi connectivity index (χ3n) is 2.87. The molecule has 0 aliphatic carbocycles. The van der Waals surface area contributed by atoms with Gasteiger partial charge in [-0.3, -0.25) is 0 Å². The van der Waals surface area contributed by atoms with E-state index in [0.717, 1.165) is 17.2 Å². The molecule has 0 radical (unpaired) electrons. The van der Waals surface area contributed by atoms with Crippen LogP contribution in [0.2, 0.25) is 0 Å². The molecule has 0 fully saturated rings. The molecular formula is C15H16F2N2. The van der Waals surface area contributed by atoms with Crippen molar-refractivity contribution in [2.24, 2.45) is 5.73 Å². The SMILES string of the molecule is NCc1cccc(CNCc2ccc(F)c(F)c2)c1. The van der Waals surface area contributed by atoms with Gasteiger partial charge in [-0.2, -0.15) is 0 Å². The van der Waals surface area contributed by atoms with Gasteiger partial charge in [-0.05, 0) is 28.8 Å². The van der Waals surface area contributed by atoms with E-state index in [1.807, 2.05) is 24.3 Å². The van der Waals surface area contributed by atoms with Gasteiger partial charge >= 0.3 is 0 Å². The van der Waals surface area contributed by atoms with Crippen molar-refractivity contribution in [2.75, 3.05) is 0 Å². The monoisotopic (exact) mass is 262 g/mol. The fraction of sp³-hybridized carbons (Fsp3) is 0.200. The van der Waals surface area contributed by atoms with Crippen LogP contribution in [-0.2, 0) is 19.6 Å². The summed E-state index contributed by atoms with van der Waals surface area (Å²) in [5.41, 5.74) is 8.48. The fourth-order valence-electron chi connectivity index (χ4n) is 1.87. The van der Waals surface area contributed by atoms with Crippen LogP contribution in [0.4, 0.5) is 8.78 Å². The summed E-state index contributed by atoms with van der Waals surface area (Å²) in [6.45, 7) is 1.66. The Morgan fingerprint density at radius 3 is 2.21 bits per heavy atom. The van der Waals surface area contributed by atoms with E-state index in [0.29, 0.717) is 25.2 Å². The van der Waals surface area contributed by atoms with Gasteiger partial charge in [0, 0.05) is 19.6 Å². The first kappa shape index (κ1) is 13.6. The van der Waals surface area contributed by atoms with Crippen molar-refractivity contribution >= 4 is 0 Å². The Bertz CT molecular complexity index is 556. The maximum Gasteiger partial charge on any atom is 0.159 e. The van der Waals surface area contributed by atoms with E-state index < -0.39 is 11.6 Å². The van der Waals surface area contributed by atoms with Crippen LogP contribution in [0.1, 0.15) is 16.7 Å². The van der Waals surface area contributed by atoms with Gasteiger partial charge in [0.15, 0.2) is 11.6 Å². The van der Waals surface area contributed by atoms with Crippen molar-refractivity contribution in [2.45, 2.75) is 19.6 Å². The summed E-state index contributed by atoms with van der Waals surface area (Å²) in [5, 5.41) is 3.19. The number of halogens is 2. The van der Waals surface area contributed by atoms with Gasteiger partial charge in [-0.15, -0.1) is 0 Å². The molecule has 19 heavy (non-hydrogen) atoms. The molecule has 0 aromatic heterocycles. The minimum atomic E-state index is -0.820. The summed E-state index contributed by atoms with van der Waals surface area (Å²) >= 11 is 0. The molecule has 100 valence electrons. The van der Waals surface area contributed by atoms with E-state index >= 15 is 0 Å². The summed E-state index contributed by atoms with van der Waals surface area (Å²) in [4.78, 5) is 0. The first-order chi connectivity index (χ1) is 9.19. The van der Waals surface area contributed by atoms with Crippen LogP contribution < -0.4 is 11.1 Å². The van der Waals surface area contributed by atoms with Crippen molar-refractivity contribution in [3.63, 3.8) is 0 Å². The van der Waals surface area contributed by atoms with Crippen LogP contribution >= 0.6 is 0 Å². The first-order valence-corrected chi connectivity index (χ1v) is 6.11. The molecule has 2 aromatic carbocycles. The number of hydrogen-bond acceptors (Lipinski definition) is 2. The lowest BCUT2D eigenvalue weighted by atomic mass is 10.1. The van der Waals surface area contributed by atoms with E-state index in [9.17, 15) is 8.78 Å². The molecular weight excluding hydrogens is 246 g/mol. The topological polar surface area (TPSA) is 38.0 Å². The van der Waals surface area contributed by atoms with Crippen molar-refractivity contribution in [3.8, 4) is 0 Å². The molecule has 0 unspecified atom stereocenters. The highest BCUT2D eigenvalue weighted by Gasteiger charge is 2.02. The van der Waals surface area contributed by atoms with Crippen LogP contribution in [0.25, 0.3) is 0 Å². The van der Waals surface area contributed by atoms with Crippen LogP contribution in [0.3, 0.4) is 0 Å². The molecule has 0 bridgehead atoms. The summed E-state index contributed by atoms with van der Waals surface area (Å²) in [5.74, 6) is -1.64. The van der Waals surface area contributed by atoms with Crippen molar-refractivity contribution in [1.29, 1.82) is 0 Å². The molecule has 3 N–H and O–H groups in total.